The van der Waals surface area contributed by atoms with Gasteiger partial charge in [0.1, 0.15) is 12.1 Å². The number of carbonyl (C=O) groups is 5. The molecule has 0 spiro atoms. The second-order valence-electron chi connectivity index (χ2n) is 9.36. The van der Waals surface area contributed by atoms with Gasteiger partial charge in [0.2, 0.25) is 29.5 Å². The van der Waals surface area contributed by atoms with Gasteiger partial charge in [-0.25, -0.2) is 0 Å². The van der Waals surface area contributed by atoms with Gasteiger partial charge >= 0.3 is 0 Å². The van der Waals surface area contributed by atoms with Crippen LogP contribution in [0.2, 0.25) is 0 Å². The summed E-state index contributed by atoms with van der Waals surface area (Å²) < 4.78 is 0. The van der Waals surface area contributed by atoms with Crippen LogP contribution in [0.3, 0.4) is 0 Å². The Bertz CT molecular complexity index is 688. The summed E-state index contributed by atoms with van der Waals surface area (Å²) in [5.74, 6) is -1.60. The number of carbonyl (C=O) groups excluding carboxylic acids is 5. The summed E-state index contributed by atoms with van der Waals surface area (Å²) in [6.45, 7) is 9.49. The van der Waals surface area contributed by atoms with Crippen LogP contribution in [0, 0.1) is 11.3 Å². The lowest BCUT2D eigenvalue weighted by Gasteiger charge is -2.32. The Morgan fingerprint density at radius 2 is 1.55 bits per heavy atom. The first-order chi connectivity index (χ1) is 14.3. The maximum absolute atomic E-state index is 12.9. The van der Waals surface area contributed by atoms with E-state index in [0.29, 0.717) is 6.42 Å². The highest BCUT2D eigenvalue weighted by Gasteiger charge is 2.35. The minimum Gasteiger partial charge on any atom is -0.357 e. The van der Waals surface area contributed by atoms with Gasteiger partial charge in [-0.15, -0.1) is 0 Å². The van der Waals surface area contributed by atoms with Gasteiger partial charge in [0, 0.05) is 26.4 Å². The SMILES string of the molecule is CNC(=O)C(NC(=O)[C@H](CC(C)C)NC(=O)C(S)CCN1C(=O)CCC1=O)C(C)(C)C. The van der Waals surface area contributed by atoms with Crippen LogP contribution in [-0.2, 0) is 24.0 Å². The van der Waals surface area contributed by atoms with Crippen LogP contribution in [0.25, 0.3) is 0 Å². The van der Waals surface area contributed by atoms with Crippen molar-refractivity contribution in [3.8, 4) is 0 Å². The molecule has 1 rings (SSSR count). The second-order valence-corrected chi connectivity index (χ2v) is 9.98. The van der Waals surface area contributed by atoms with Gasteiger partial charge in [0.05, 0.1) is 5.25 Å². The fourth-order valence-electron chi connectivity index (χ4n) is 3.29. The normalized spacial score (nSPS) is 17.4. The Labute approximate surface area is 189 Å². The number of rotatable bonds is 10. The van der Waals surface area contributed by atoms with Gasteiger partial charge < -0.3 is 16.0 Å². The quantitative estimate of drug-likeness (QED) is 0.284. The third-order valence-corrected chi connectivity index (χ3v) is 5.58. The predicted octanol–water partition coefficient (Wildman–Crippen LogP) is 0.632. The van der Waals surface area contributed by atoms with Crippen LogP contribution in [0.15, 0.2) is 0 Å². The topological polar surface area (TPSA) is 125 Å². The van der Waals surface area contributed by atoms with Gasteiger partial charge in [-0.1, -0.05) is 34.6 Å². The van der Waals surface area contributed by atoms with Gasteiger partial charge in [0.15, 0.2) is 0 Å². The molecule has 3 atom stereocenters. The molecule has 10 heteroatoms. The first kappa shape index (κ1) is 26.9. The van der Waals surface area contributed by atoms with E-state index in [1.165, 1.54) is 7.05 Å². The van der Waals surface area contributed by atoms with E-state index >= 15 is 0 Å². The highest BCUT2D eigenvalue weighted by molar-refractivity contribution is 7.81. The van der Waals surface area contributed by atoms with Gasteiger partial charge in [0.25, 0.3) is 0 Å². The van der Waals surface area contributed by atoms with Gasteiger partial charge in [-0.2, -0.15) is 12.6 Å². The maximum atomic E-state index is 12.9. The number of likely N-dealkylation sites (tertiary alicyclic amines) is 1. The average molecular weight is 457 g/mol. The van der Waals surface area contributed by atoms with Crippen molar-refractivity contribution in [2.24, 2.45) is 11.3 Å². The molecule has 2 unspecified atom stereocenters. The van der Waals surface area contributed by atoms with E-state index in [9.17, 15) is 24.0 Å². The fraction of sp³-hybridized carbons (Fsp3) is 0.762. The molecule has 31 heavy (non-hydrogen) atoms. The van der Waals surface area contributed by atoms with Crippen LogP contribution in [0.1, 0.15) is 60.3 Å². The molecule has 0 aromatic heterocycles. The van der Waals surface area contributed by atoms with Crippen molar-refractivity contribution in [1.29, 1.82) is 0 Å². The van der Waals surface area contributed by atoms with Crippen molar-refractivity contribution in [2.45, 2.75) is 77.6 Å². The summed E-state index contributed by atoms with van der Waals surface area (Å²) in [5, 5.41) is 7.23. The zero-order valence-corrected chi connectivity index (χ0v) is 20.2. The van der Waals surface area contributed by atoms with E-state index in [1.54, 1.807) is 0 Å². The van der Waals surface area contributed by atoms with Crippen molar-refractivity contribution in [3.63, 3.8) is 0 Å². The van der Waals surface area contributed by atoms with Gasteiger partial charge in [-0.05, 0) is 24.2 Å². The predicted molar refractivity (Wildman–Crippen MR) is 120 cm³/mol. The molecular formula is C21H36N4O5S. The Hall–Kier alpha value is -2.10. The van der Waals surface area contributed by atoms with Crippen LogP contribution >= 0.6 is 12.6 Å². The van der Waals surface area contributed by atoms with Gasteiger partial charge in [-0.3, -0.25) is 28.9 Å². The summed E-state index contributed by atoms with van der Waals surface area (Å²) >= 11 is 4.30. The summed E-state index contributed by atoms with van der Waals surface area (Å²) in [6.07, 6.45) is 0.954. The molecule has 0 aromatic rings. The molecule has 1 saturated heterocycles. The summed E-state index contributed by atoms with van der Waals surface area (Å²) in [7, 11) is 1.50. The molecule has 0 saturated carbocycles. The number of thiol groups is 1. The number of nitrogens with zero attached hydrogens (tertiary/aromatic N) is 1. The van der Waals surface area contributed by atoms with Crippen LogP contribution in [-0.4, -0.2) is 65.4 Å². The molecule has 176 valence electrons. The monoisotopic (exact) mass is 456 g/mol. The Morgan fingerprint density at radius 3 is 2.00 bits per heavy atom. The smallest absolute Gasteiger partial charge is 0.243 e. The Balaban J connectivity index is 2.80. The number of nitrogens with one attached hydrogen (secondary N) is 3. The first-order valence-electron chi connectivity index (χ1n) is 10.6. The zero-order chi connectivity index (χ0) is 23.9. The number of hydrogen-bond donors (Lipinski definition) is 4. The number of likely N-dealkylation sites (N-methyl/N-ethyl adjacent to an activating group) is 1. The standard InChI is InChI=1S/C21H36N4O5S/c1-12(2)11-13(18(28)24-17(20(30)22-6)21(3,4)5)23-19(29)14(31)9-10-25-15(26)7-8-16(25)27/h12-14,17,31H,7-11H2,1-6H3,(H,22,30)(H,23,29)(H,24,28)/t13-,14?,17?/m0/s1. The largest absolute Gasteiger partial charge is 0.357 e. The minimum atomic E-state index is -0.841. The Morgan fingerprint density at radius 1 is 1.00 bits per heavy atom. The molecule has 1 aliphatic heterocycles. The van der Waals surface area contributed by atoms with Crippen molar-refractivity contribution in [3.05, 3.63) is 0 Å². The number of imide groups is 1. The van der Waals surface area contributed by atoms with Crippen molar-refractivity contribution in [1.82, 2.24) is 20.9 Å². The average Bonchev–Trinajstić information content (AvgIpc) is 2.99. The fourth-order valence-corrected chi connectivity index (χ4v) is 3.48. The van der Waals surface area contributed by atoms with E-state index in [1.807, 2.05) is 34.6 Å². The summed E-state index contributed by atoms with van der Waals surface area (Å²) in [4.78, 5) is 62.4. The highest BCUT2D eigenvalue weighted by Crippen LogP contribution is 2.20. The molecular weight excluding hydrogens is 420 g/mol. The molecule has 5 amide bonds. The first-order valence-corrected chi connectivity index (χ1v) is 11.1. The summed E-state index contributed by atoms with van der Waals surface area (Å²) in [6, 6.07) is -1.61. The molecule has 0 aromatic carbocycles. The van der Waals surface area contributed by atoms with E-state index in [0.717, 1.165) is 4.90 Å². The van der Waals surface area contributed by atoms with Crippen molar-refractivity contribution >= 4 is 42.2 Å². The lowest BCUT2D eigenvalue weighted by molar-refractivity contribution is -0.139. The van der Waals surface area contributed by atoms with E-state index < -0.39 is 34.6 Å². The van der Waals surface area contributed by atoms with Crippen molar-refractivity contribution < 1.29 is 24.0 Å². The Kier molecular flexibility index (Phi) is 9.99. The van der Waals surface area contributed by atoms with Crippen LogP contribution in [0.4, 0.5) is 0 Å². The van der Waals surface area contributed by atoms with Crippen LogP contribution < -0.4 is 16.0 Å². The molecule has 0 aliphatic carbocycles. The van der Waals surface area contributed by atoms with Crippen molar-refractivity contribution in [2.75, 3.05) is 13.6 Å². The molecule has 9 nitrogen and oxygen atoms in total. The molecule has 1 aliphatic rings. The third kappa shape index (κ3) is 8.16. The van der Waals surface area contributed by atoms with E-state index in [-0.39, 0.29) is 49.4 Å². The molecule has 0 bridgehead atoms. The number of amides is 5. The molecule has 3 N–H and O–H groups in total. The second kappa shape index (κ2) is 11.5. The molecule has 0 radical (unpaired) electrons. The lowest BCUT2D eigenvalue weighted by atomic mass is 9.85. The molecule has 1 heterocycles. The molecule has 1 fully saturated rings. The lowest BCUT2D eigenvalue weighted by Crippen LogP contribution is -2.58. The minimum absolute atomic E-state index is 0.113. The van der Waals surface area contributed by atoms with Crippen LogP contribution in [0.5, 0.6) is 0 Å². The zero-order valence-electron chi connectivity index (χ0n) is 19.3. The van der Waals surface area contributed by atoms with E-state index in [2.05, 4.69) is 28.6 Å². The highest BCUT2D eigenvalue weighted by atomic mass is 32.1. The van der Waals surface area contributed by atoms with E-state index in [4.69, 9.17) is 0 Å². The maximum Gasteiger partial charge on any atom is 0.243 e. The number of hydrogen-bond acceptors (Lipinski definition) is 6. The summed E-state index contributed by atoms with van der Waals surface area (Å²) in [5.41, 5.74) is -0.525. The third-order valence-electron chi connectivity index (χ3n) is 5.08.